The second kappa shape index (κ2) is 10.7. The number of esters is 1. The van der Waals surface area contributed by atoms with Gasteiger partial charge in [-0.1, -0.05) is 50.2 Å². The molecule has 2 atom stereocenters. The summed E-state index contributed by atoms with van der Waals surface area (Å²) in [4.78, 5) is 37.4. The predicted molar refractivity (Wildman–Crippen MR) is 117 cm³/mol. The number of fused-ring (bicyclic) bond motifs is 1. The van der Waals surface area contributed by atoms with E-state index in [-0.39, 0.29) is 31.6 Å². The molecule has 0 unspecified atom stereocenters. The van der Waals surface area contributed by atoms with Crippen molar-refractivity contribution in [1.82, 2.24) is 10.6 Å². The maximum Gasteiger partial charge on any atom is 0.329 e. The highest BCUT2D eigenvalue weighted by Gasteiger charge is 2.29. The molecular formula is C24H28N2O6. The molecule has 2 amide bonds. The quantitative estimate of drug-likeness (QED) is 0.581. The standard InChI is InChI=1S/C24H28N2O6/c1-15(2)22(26-21(27)12-17-7-5-4-6-8-17)24(29)32-16(3)23(28)25-13-18-9-10-19-20(11-18)31-14-30-19/h4-11,15-16,22H,12-14H2,1-3H3,(H,25,28)(H,26,27)/t16-,22-/m1/s1. The van der Waals surface area contributed by atoms with Gasteiger partial charge in [0.25, 0.3) is 5.91 Å². The number of amides is 2. The van der Waals surface area contributed by atoms with Gasteiger partial charge in [-0.25, -0.2) is 4.79 Å². The van der Waals surface area contributed by atoms with Crippen LogP contribution in [0.3, 0.4) is 0 Å². The fraction of sp³-hybridized carbons (Fsp3) is 0.375. The Hall–Kier alpha value is -3.55. The Morgan fingerprint density at radius 2 is 1.69 bits per heavy atom. The molecule has 1 heterocycles. The van der Waals surface area contributed by atoms with Gasteiger partial charge >= 0.3 is 5.97 Å². The normalized spacial score (nSPS) is 13.9. The highest BCUT2D eigenvalue weighted by atomic mass is 16.7. The lowest BCUT2D eigenvalue weighted by atomic mass is 10.0. The zero-order valence-electron chi connectivity index (χ0n) is 18.4. The molecule has 0 saturated carbocycles. The molecule has 0 aliphatic carbocycles. The zero-order chi connectivity index (χ0) is 23.1. The molecule has 1 aliphatic heterocycles. The first-order valence-corrected chi connectivity index (χ1v) is 10.5. The van der Waals surface area contributed by atoms with E-state index in [0.29, 0.717) is 11.5 Å². The molecule has 0 aromatic heterocycles. The van der Waals surface area contributed by atoms with E-state index in [1.807, 2.05) is 36.4 Å². The monoisotopic (exact) mass is 440 g/mol. The number of benzene rings is 2. The van der Waals surface area contributed by atoms with Crippen LogP contribution in [0.1, 0.15) is 31.9 Å². The van der Waals surface area contributed by atoms with Crippen LogP contribution in [-0.4, -0.2) is 36.7 Å². The number of ether oxygens (including phenoxy) is 3. The highest BCUT2D eigenvalue weighted by Crippen LogP contribution is 2.32. The van der Waals surface area contributed by atoms with Crippen molar-refractivity contribution in [1.29, 1.82) is 0 Å². The lowest BCUT2D eigenvalue weighted by molar-refractivity contribution is -0.158. The molecule has 2 N–H and O–H groups in total. The topological polar surface area (TPSA) is 103 Å². The molecule has 3 rings (SSSR count). The third-order valence-electron chi connectivity index (χ3n) is 5.01. The van der Waals surface area contributed by atoms with E-state index in [4.69, 9.17) is 14.2 Å². The summed E-state index contributed by atoms with van der Waals surface area (Å²) in [5.41, 5.74) is 1.67. The van der Waals surface area contributed by atoms with E-state index in [1.54, 1.807) is 26.0 Å². The minimum atomic E-state index is -1.01. The van der Waals surface area contributed by atoms with Crippen LogP contribution in [0.4, 0.5) is 0 Å². The molecule has 0 fully saturated rings. The molecule has 1 aliphatic rings. The molecule has 8 heteroatoms. The zero-order valence-corrected chi connectivity index (χ0v) is 18.4. The largest absolute Gasteiger partial charge is 0.454 e. The number of nitrogens with one attached hydrogen (secondary N) is 2. The van der Waals surface area contributed by atoms with E-state index < -0.39 is 24.0 Å². The SMILES string of the molecule is CC(C)[C@@H](NC(=O)Cc1ccccc1)C(=O)O[C@H](C)C(=O)NCc1ccc2c(c1)OCO2. The van der Waals surface area contributed by atoms with Gasteiger partial charge in [0, 0.05) is 6.54 Å². The average Bonchev–Trinajstić information content (AvgIpc) is 3.24. The summed E-state index contributed by atoms with van der Waals surface area (Å²) in [6, 6.07) is 13.8. The van der Waals surface area contributed by atoms with Crippen LogP contribution < -0.4 is 20.1 Å². The van der Waals surface area contributed by atoms with Crippen molar-refractivity contribution in [3.8, 4) is 11.5 Å². The first-order valence-electron chi connectivity index (χ1n) is 10.5. The Bertz CT molecular complexity index is 960. The Morgan fingerprint density at radius 1 is 0.969 bits per heavy atom. The second-order valence-corrected chi connectivity index (χ2v) is 7.94. The van der Waals surface area contributed by atoms with Crippen LogP contribution in [0.15, 0.2) is 48.5 Å². The van der Waals surface area contributed by atoms with Crippen molar-refractivity contribution in [2.45, 2.75) is 45.9 Å². The van der Waals surface area contributed by atoms with Crippen LogP contribution in [-0.2, 0) is 32.1 Å². The smallest absolute Gasteiger partial charge is 0.329 e. The number of carbonyl (C=O) groups is 3. The average molecular weight is 440 g/mol. The Morgan fingerprint density at radius 3 is 2.41 bits per heavy atom. The van der Waals surface area contributed by atoms with Crippen molar-refractivity contribution in [3.63, 3.8) is 0 Å². The van der Waals surface area contributed by atoms with Crippen molar-refractivity contribution >= 4 is 17.8 Å². The van der Waals surface area contributed by atoms with Crippen LogP contribution in [0.5, 0.6) is 11.5 Å². The van der Waals surface area contributed by atoms with Crippen LogP contribution >= 0.6 is 0 Å². The van der Waals surface area contributed by atoms with Gasteiger partial charge < -0.3 is 24.8 Å². The third-order valence-corrected chi connectivity index (χ3v) is 5.01. The lowest BCUT2D eigenvalue weighted by Gasteiger charge is -2.23. The van der Waals surface area contributed by atoms with Gasteiger partial charge in [0.1, 0.15) is 6.04 Å². The van der Waals surface area contributed by atoms with Gasteiger partial charge in [0.05, 0.1) is 6.42 Å². The molecular weight excluding hydrogens is 412 g/mol. The van der Waals surface area contributed by atoms with Gasteiger partial charge in [0.15, 0.2) is 17.6 Å². The molecule has 0 saturated heterocycles. The second-order valence-electron chi connectivity index (χ2n) is 7.94. The van der Waals surface area contributed by atoms with Gasteiger partial charge in [-0.3, -0.25) is 9.59 Å². The number of hydrogen-bond acceptors (Lipinski definition) is 6. The summed E-state index contributed by atoms with van der Waals surface area (Å²) in [5.74, 6) is -0.280. The lowest BCUT2D eigenvalue weighted by Crippen LogP contribution is -2.48. The Kier molecular flexibility index (Phi) is 7.70. The fourth-order valence-corrected chi connectivity index (χ4v) is 3.19. The molecule has 170 valence electrons. The summed E-state index contributed by atoms with van der Waals surface area (Å²) in [6.07, 6.45) is -0.855. The maximum atomic E-state index is 12.6. The molecule has 8 nitrogen and oxygen atoms in total. The number of hydrogen-bond donors (Lipinski definition) is 2. The fourth-order valence-electron chi connectivity index (χ4n) is 3.19. The number of rotatable bonds is 9. The summed E-state index contributed by atoms with van der Waals surface area (Å²) in [5, 5.41) is 5.46. The molecule has 0 spiro atoms. The minimum Gasteiger partial charge on any atom is -0.454 e. The molecule has 2 aromatic carbocycles. The summed E-state index contributed by atoms with van der Waals surface area (Å²) in [6.45, 7) is 5.53. The minimum absolute atomic E-state index is 0.156. The Labute approximate surface area is 187 Å². The van der Waals surface area contributed by atoms with Crippen LogP contribution in [0.25, 0.3) is 0 Å². The molecule has 0 radical (unpaired) electrons. The first kappa shape index (κ1) is 23.1. The molecule has 0 bridgehead atoms. The predicted octanol–water partition coefficient (Wildman–Crippen LogP) is 2.35. The summed E-state index contributed by atoms with van der Waals surface area (Å²) >= 11 is 0. The van der Waals surface area contributed by atoms with Crippen molar-refractivity contribution in [2.75, 3.05) is 6.79 Å². The molecule has 32 heavy (non-hydrogen) atoms. The van der Waals surface area contributed by atoms with Crippen LogP contribution in [0.2, 0.25) is 0 Å². The molecule has 2 aromatic rings. The van der Waals surface area contributed by atoms with Gasteiger partial charge in [0.2, 0.25) is 12.7 Å². The Balaban J connectivity index is 1.50. The van der Waals surface area contributed by atoms with Gasteiger partial charge in [-0.2, -0.15) is 0 Å². The highest BCUT2D eigenvalue weighted by molar-refractivity contribution is 5.88. The van der Waals surface area contributed by atoms with Crippen molar-refractivity contribution in [3.05, 3.63) is 59.7 Å². The van der Waals surface area contributed by atoms with Gasteiger partial charge in [-0.15, -0.1) is 0 Å². The maximum absolute atomic E-state index is 12.6. The first-order chi connectivity index (χ1) is 15.3. The van der Waals surface area contributed by atoms with E-state index in [0.717, 1.165) is 11.1 Å². The van der Waals surface area contributed by atoms with E-state index in [2.05, 4.69) is 10.6 Å². The number of carbonyl (C=O) groups excluding carboxylic acids is 3. The van der Waals surface area contributed by atoms with Crippen molar-refractivity contribution < 1.29 is 28.6 Å². The third kappa shape index (κ3) is 6.23. The van der Waals surface area contributed by atoms with E-state index in [9.17, 15) is 14.4 Å². The van der Waals surface area contributed by atoms with Crippen LogP contribution in [0, 0.1) is 5.92 Å². The van der Waals surface area contributed by atoms with Gasteiger partial charge in [-0.05, 0) is 36.1 Å². The van der Waals surface area contributed by atoms with Crippen molar-refractivity contribution in [2.24, 2.45) is 5.92 Å². The van der Waals surface area contributed by atoms with E-state index >= 15 is 0 Å². The van der Waals surface area contributed by atoms with E-state index in [1.165, 1.54) is 6.92 Å². The summed E-state index contributed by atoms with van der Waals surface area (Å²) < 4.78 is 15.9. The summed E-state index contributed by atoms with van der Waals surface area (Å²) in [7, 11) is 0.